The highest BCUT2D eigenvalue weighted by atomic mass is 35.5. The van der Waals surface area contributed by atoms with E-state index < -0.39 is 109 Å². The fourth-order valence-electron chi connectivity index (χ4n) is 12.3. The fraction of sp³-hybridized carbons (Fsp3) is 0.380. The van der Waals surface area contributed by atoms with E-state index in [1.54, 1.807) is 63.2 Å². The van der Waals surface area contributed by atoms with Gasteiger partial charge in [0, 0.05) is 30.4 Å². The van der Waals surface area contributed by atoms with Crippen molar-refractivity contribution >= 4 is 73.1 Å². The lowest BCUT2D eigenvalue weighted by Crippen LogP contribution is -2.57. The van der Waals surface area contributed by atoms with Crippen LogP contribution in [0.5, 0.6) is 69.0 Å². The van der Waals surface area contributed by atoms with Crippen LogP contribution in [0.2, 0.25) is 28.2 Å². The highest BCUT2D eigenvalue weighted by Crippen LogP contribution is 2.50. The normalized spacial score (nSPS) is 19.0. The molecule has 0 radical (unpaired) electrons. The molecule has 5 aliphatic heterocycles. The van der Waals surface area contributed by atoms with E-state index in [-0.39, 0.29) is 134 Å². The summed E-state index contributed by atoms with van der Waals surface area (Å²) in [6.07, 6.45) is -2.57. The zero-order valence-corrected chi connectivity index (χ0v) is 66.5. The Morgan fingerprint density at radius 1 is 0.577 bits per heavy atom. The van der Waals surface area contributed by atoms with Gasteiger partial charge >= 0.3 is 12.1 Å². The number of halogens is 2. The molecule has 29 nitrogen and oxygen atoms in total. The van der Waals surface area contributed by atoms with E-state index in [0.29, 0.717) is 28.0 Å². The van der Waals surface area contributed by atoms with Crippen molar-refractivity contribution in [2.75, 3.05) is 76.4 Å². The highest BCUT2D eigenvalue weighted by molar-refractivity contribution is 6.74. The van der Waals surface area contributed by atoms with Crippen LogP contribution in [0.3, 0.4) is 0 Å². The van der Waals surface area contributed by atoms with E-state index in [1.165, 1.54) is 123 Å². The van der Waals surface area contributed by atoms with Crippen LogP contribution in [-0.2, 0) is 58.6 Å². The number of hydrogen-bond acceptors (Lipinski definition) is 22. The molecule has 7 aromatic rings. The predicted octanol–water partition coefficient (Wildman–Crippen LogP) is 11.9. The van der Waals surface area contributed by atoms with E-state index in [9.17, 15) is 19.5 Å². The van der Waals surface area contributed by atoms with E-state index in [1.807, 2.05) is 33.9 Å². The van der Waals surface area contributed by atoms with Crippen LogP contribution in [0.25, 0.3) is 11.1 Å². The van der Waals surface area contributed by atoms with Crippen LogP contribution < -0.4 is 80.3 Å². The molecule has 5 aliphatic rings. The summed E-state index contributed by atoms with van der Waals surface area (Å²) in [5.74, 6) is -5.99. The first-order valence-corrected chi connectivity index (χ1v) is 38.8. The molecule has 0 unspecified atom stereocenters. The summed E-state index contributed by atoms with van der Waals surface area (Å²) in [7, 11) is 6.77. The molecule has 6 amide bonds. The van der Waals surface area contributed by atoms with Gasteiger partial charge in [0.05, 0.1) is 90.7 Å². The van der Waals surface area contributed by atoms with Crippen molar-refractivity contribution in [3.05, 3.63) is 164 Å². The molecule has 11 bridgehead atoms. The standard InChI is InChI=1S/C79H91Cl2N7O22Si/c1-78(2,3)109-77(96)88-67(76(94)95)42-18-23-58(101-11)59(32-42)106-48-29-44(28-46(35-48)98-8)65-73(91)86-66-45-33-61(107-56-20-16-40(26-51(56)80)27-53(82)71(89)84-65)70(103-13)62(34-45)108-57-22-19-43(31-52(57)81)69(110-111(14,15)79(4,5)6)68-75(93)83-54(38-105-39-104-25-24-97-7)49-36-47(99-9)37-60(102-12)63(49)50-30-41(17-21-55(50)100-10)64(72(90)87-68)85-74(66)92/h16-23,26,28-37,53-54,64-69H,24-25,27,38-39,82H2,1-15H3,(H,83,93)(H,84,89)(H,85,92)(H,86,91)(H,87,90)(H,88,96)(H,94,95)/t53-,54-,64-,65+,66-,67-,68+,69-/m1/s1. The predicted molar refractivity (Wildman–Crippen MR) is 410 cm³/mol. The third-order valence-electron chi connectivity index (χ3n) is 18.9. The Kier molecular flexibility index (Phi) is 26.3. The lowest BCUT2D eigenvalue weighted by Gasteiger charge is -2.42. The molecule has 7 aromatic carbocycles. The highest BCUT2D eigenvalue weighted by Gasteiger charge is 2.46. The van der Waals surface area contributed by atoms with Crippen LogP contribution >= 0.6 is 23.2 Å². The molecule has 0 saturated heterocycles. The summed E-state index contributed by atoms with van der Waals surface area (Å²) in [6.45, 7) is 14.7. The van der Waals surface area contributed by atoms with Gasteiger partial charge in [-0.25, -0.2) is 9.59 Å². The van der Waals surface area contributed by atoms with Crippen LogP contribution in [0.15, 0.2) is 115 Å². The number of nitrogens with one attached hydrogen (secondary N) is 6. The maximum Gasteiger partial charge on any atom is 0.408 e. The number of amides is 6. The van der Waals surface area contributed by atoms with Gasteiger partial charge in [0.15, 0.2) is 37.4 Å². The Hall–Kier alpha value is -10.6. The molecule has 9 N–H and O–H groups in total. The van der Waals surface area contributed by atoms with Gasteiger partial charge in [-0.2, -0.15) is 0 Å². The van der Waals surface area contributed by atoms with Gasteiger partial charge < -0.3 is 109 Å². The van der Waals surface area contributed by atoms with Crippen molar-refractivity contribution in [2.24, 2.45) is 5.73 Å². The van der Waals surface area contributed by atoms with Crippen LogP contribution in [-0.4, -0.2) is 149 Å². The summed E-state index contributed by atoms with van der Waals surface area (Å²) in [6, 6.07) is 16.9. The molecule has 5 heterocycles. The molecule has 592 valence electrons. The Morgan fingerprint density at radius 3 is 1.76 bits per heavy atom. The first kappa shape index (κ1) is 82.9. The average Bonchev–Trinajstić information content (AvgIpc) is 0.748. The van der Waals surface area contributed by atoms with Crippen molar-refractivity contribution in [3.63, 3.8) is 0 Å². The minimum absolute atomic E-state index is 0.0137. The molecule has 0 aromatic heterocycles. The Bertz CT molecular complexity index is 4670. The number of fused-ring (bicyclic) bond motifs is 15. The number of benzene rings is 7. The second-order valence-corrected chi connectivity index (χ2v) is 34.3. The minimum Gasteiger partial charge on any atom is -0.497 e. The zero-order valence-electron chi connectivity index (χ0n) is 64.0. The summed E-state index contributed by atoms with van der Waals surface area (Å²) in [4.78, 5) is 106. The topological polar surface area (TPSA) is 367 Å². The first-order chi connectivity index (χ1) is 52.7. The lowest BCUT2D eigenvalue weighted by molar-refractivity contribution is -0.139. The number of aliphatic carboxylic acids is 1. The van der Waals surface area contributed by atoms with Gasteiger partial charge in [-0.05, 0) is 163 Å². The number of hydrogen-bond donors (Lipinski definition) is 8. The molecule has 0 spiro atoms. The SMILES string of the molecule is COCCOCOC[C@H]1NC(=O)[C@H]2NC(=O)[C@H](NC(=O)[C@@H]3NC(=O)[C@H](c4cc(OC)cc(Oc5cc([C@@H](NC(=O)OC(C)(C)C)C(=O)O)ccc5OC)c4)NC(=O)[C@H](N)Cc4ccc(c(Cl)c4)Oc4cc3cc(c4OC)Oc3ccc(cc3Cl)[C@H]2O[Si](C)(C)C(C)(C)C)c2ccc(OC)c(c2)-c2c(OC)cc(OC)cc21. The lowest BCUT2D eigenvalue weighted by atomic mass is 9.89. The summed E-state index contributed by atoms with van der Waals surface area (Å²) in [5, 5.41) is 27.1. The Balaban J connectivity index is 1.22. The quantitative estimate of drug-likeness (QED) is 0.0188. The van der Waals surface area contributed by atoms with E-state index in [4.69, 9.17) is 94.9 Å². The average molecular weight is 1590 g/mol. The number of nitrogens with two attached hydrogens (primary N) is 1. The number of ether oxygens (including phenoxy) is 13. The third-order valence-corrected chi connectivity index (χ3v) is 24.0. The molecule has 0 fully saturated rings. The van der Waals surface area contributed by atoms with E-state index in [0.717, 1.165) is 0 Å². The summed E-state index contributed by atoms with van der Waals surface area (Å²) >= 11 is 14.5. The van der Waals surface area contributed by atoms with Gasteiger partial charge in [0.2, 0.25) is 35.3 Å². The Morgan fingerprint density at radius 2 is 1.16 bits per heavy atom. The number of alkyl carbamates (subject to hydrolysis) is 1. The van der Waals surface area contributed by atoms with Gasteiger partial charge in [-0.15, -0.1) is 0 Å². The largest absolute Gasteiger partial charge is 0.497 e. The van der Waals surface area contributed by atoms with Crippen LogP contribution in [0.4, 0.5) is 4.79 Å². The number of carbonyl (C=O) groups excluding carboxylic acids is 6. The summed E-state index contributed by atoms with van der Waals surface area (Å²) in [5.41, 5.74) is 7.43. The van der Waals surface area contributed by atoms with Gasteiger partial charge in [-0.3, -0.25) is 24.0 Å². The molecular weight excluding hydrogens is 1500 g/mol. The van der Waals surface area contributed by atoms with Crippen molar-refractivity contribution in [1.29, 1.82) is 0 Å². The number of carbonyl (C=O) groups is 7. The molecule has 111 heavy (non-hydrogen) atoms. The number of carboxylic acid groups (broad SMARTS) is 1. The van der Waals surface area contributed by atoms with Gasteiger partial charge in [-0.1, -0.05) is 68.2 Å². The molecule has 0 aliphatic carbocycles. The zero-order chi connectivity index (χ0) is 80.6. The van der Waals surface area contributed by atoms with Crippen molar-refractivity contribution < 1.29 is 105 Å². The second-order valence-electron chi connectivity index (χ2n) is 28.7. The fourth-order valence-corrected chi connectivity index (χ4v) is 14.1. The number of carboxylic acids is 1. The molecule has 12 rings (SSSR count). The first-order valence-electron chi connectivity index (χ1n) is 35.2. The maximum absolute atomic E-state index is 16.6. The van der Waals surface area contributed by atoms with Crippen molar-refractivity contribution in [2.45, 2.75) is 120 Å². The minimum atomic E-state index is -3.10. The molecule has 0 saturated carbocycles. The Labute approximate surface area is 653 Å². The third kappa shape index (κ3) is 19.4. The smallest absolute Gasteiger partial charge is 0.408 e. The van der Waals surface area contributed by atoms with E-state index >= 15 is 19.2 Å². The molecular formula is C79H91Cl2N7O22Si. The van der Waals surface area contributed by atoms with Crippen molar-refractivity contribution in [1.82, 2.24) is 31.9 Å². The van der Waals surface area contributed by atoms with Crippen LogP contribution in [0.1, 0.15) is 117 Å². The van der Waals surface area contributed by atoms with Gasteiger partial charge in [0.1, 0.15) is 76.8 Å². The van der Waals surface area contributed by atoms with Gasteiger partial charge in [0.25, 0.3) is 0 Å². The number of methoxy groups -OCH3 is 7. The van der Waals surface area contributed by atoms with Crippen molar-refractivity contribution in [3.8, 4) is 80.1 Å². The monoisotopic (exact) mass is 1590 g/mol. The van der Waals surface area contributed by atoms with E-state index in [2.05, 4.69) is 31.9 Å². The molecule has 32 heteroatoms. The summed E-state index contributed by atoms with van der Waals surface area (Å²) < 4.78 is 85.6. The molecule has 8 atom stereocenters. The number of rotatable bonds is 21. The second kappa shape index (κ2) is 35.2. The maximum atomic E-state index is 16.6. The van der Waals surface area contributed by atoms with Crippen LogP contribution in [0, 0.1) is 0 Å².